The van der Waals surface area contributed by atoms with Crippen LogP contribution in [0, 0.1) is 0 Å². The molecule has 1 amide bonds. The molecule has 0 radical (unpaired) electrons. The molecule has 146 valence electrons. The van der Waals surface area contributed by atoms with Crippen molar-refractivity contribution >= 4 is 38.7 Å². The van der Waals surface area contributed by atoms with E-state index in [4.69, 9.17) is 16.3 Å². The standard InChI is InChI=1S/C20H18ClNO4S2/c1-26-16-8-4-14(5-9-16)20(23)22-13-19(18-3-2-12-27-18)28(24,25)17-10-6-15(21)7-11-17/h2-12,19H,13H2,1H3,(H,22,23). The summed E-state index contributed by atoms with van der Waals surface area (Å²) in [5, 5.41) is 4.11. The Hall–Kier alpha value is -2.35. The number of nitrogens with one attached hydrogen (secondary N) is 1. The number of benzene rings is 2. The van der Waals surface area contributed by atoms with Crippen LogP contribution in [0.3, 0.4) is 0 Å². The Morgan fingerprint density at radius 3 is 2.36 bits per heavy atom. The van der Waals surface area contributed by atoms with Crippen molar-refractivity contribution in [3.8, 4) is 5.75 Å². The highest BCUT2D eigenvalue weighted by molar-refractivity contribution is 7.91. The Labute approximate surface area is 172 Å². The fourth-order valence-electron chi connectivity index (χ4n) is 2.66. The van der Waals surface area contributed by atoms with Crippen molar-refractivity contribution in [1.82, 2.24) is 5.32 Å². The summed E-state index contributed by atoms with van der Waals surface area (Å²) in [4.78, 5) is 13.3. The van der Waals surface area contributed by atoms with Gasteiger partial charge in [-0.15, -0.1) is 11.3 Å². The summed E-state index contributed by atoms with van der Waals surface area (Å²) >= 11 is 7.21. The van der Waals surface area contributed by atoms with Gasteiger partial charge in [-0.2, -0.15) is 0 Å². The first kappa shape index (κ1) is 20.4. The number of ether oxygens (including phenoxy) is 1. The molecule has 1 N–H and O–H groups in total. The zero-order valence-corrected chi connectivity index (χ0v) is 17.4. The van der Waals surface area contributed by atoms with Crippen LogP contribution in [0.15, 0.2) is 70.9 Å². The van der Waals surface area contributed by atoms with Gasteiger partial charge < -0.3 is 10.1 Å². The first-order valence-electron chi connectivity index (χ1n) is 8.37. The van der Waals surface area contributed by atoms with Gasteiger partial charge in [-0.05, 0) is 60.0 Å². The van der Waals surface area contributed by atoms with Crippen molar-refractivity contribution < 1.29 is 17.9 Å². The van der Waals surface area contributed by atoms with E-state index in [1.54, 1.807) is 43.5 Å². The van der Waals surface area contributed by atoms with Gasteiger partial charge in [0.15, 0.2) is 9.84 Å². The van der Waals surface area contributed by atoms with Crippen molar-refractivity contribution in [1.29, 1.82) is 0 Å². The van der Waals surface area contributed by atoms with Crippen LogP contribution >= 0.6 is 22.9 Å². The molecule has 0 aliphatic rings. The van der Waals surface area contributed by atoms with Crippen LogP contribution in [0.25, 0.3) is 0 Å². The van der Waals surface area contributed by atoms with Gasteiger partial charge in [-0.3, -0.25) is 4.79 Å². The quantitative estimate of drug-likeness (QED) is 0.598. The van der Waals surface area contributed by atoms with E-state index in [1.165, 1.54) is 35.6 Å². The molecule has 0 fully saturated rings. The number of halogens is 1. The number of methoxy groups -OCH3 is 1. The molecule has 1 unspecified atom stereocenters. The summed E-state index contributed by atoms with van der Waals surface area (Å²) in [5.74, 6) is 0.286. The summed E-state index contributed by atoms with van der Waals surface area (Å²) in [7, 11) is -2.17. The van der Waals surface area contributed by atoms with Gasteiger partial charge in [-0.1, -0.05) is 17.7 Å². The van der Waals surface area contributed by atoms with Crippen molar-refractivity contribution in [3.05, 3.63) is 81.5 Å². The van der Waals surface area contributed by atoms with E-state index in [1.807, 2.05) is 5.38 Å². The van der Waals surface area contributed by atoms with Crippen LogP contribution in [-0.2, 0) is 9.84 Å². The molecule has 3 aromatic rings. The number of thiophene rings is 1. The first-order valence-corrected chi connectivity index (χ1v) is 11.2. The Kier molecular flexibility index (Phi) is 6.39. The topological polar surface area (TPSA) is 72.5 Å². The molecule has 0 bridgehead atoms. The molecule has 1 aromatic heterocycles. The van der Waals surface area contributed by atoms with E-state index in [2.05, 4.69) is 5.32 Å². The number of carbonyl (C=O) groups excluding carboxylic acids is 1. The normalized spacial score (nSPS) is 12.4. The summed E-state index contributed by atoms with van der Waals surface area (Å²) in [6.07, 6.45) is 0. The summed E-state index contributed by atoms with van der Waals surface area (Å²) in [6.45, 7) is -0.0453. The Bertz CT molecular complexity index is 1030. The van der Waals surface area contributed by atoms with Crippen molar-refractivity contribution in [2.24, 2.45) is 0 Å². The predicted molar refractivity (Wildman–Crippen MR) is 111 cm³/mol. The minimum atomic E-state index is -3.71. The fourth-order valence-corrected chi connectivity index (χ4v) is 5.57. The molecule has 3 rings (SSSR count). The second-order valence-electron chi connectivity index (χ2n) is 5.94. The fraction of sp³-hybridized carbons (Fsp3) is 0.150. The largest absolute Gasteiger partial charge is 0.497 e. The maximum absolute atomic E-state index is 13.2. The summed E-state index contributed by atoms with van der Waals surface area (Å²) < 4.78 is 31.4. The molecule has 0 saturated heterocycles. The number of carbonyl (C=O) groups is 1. The molecule has 0 saturated carbocycles. The monoisotopic (exact) mass is 435 g/mol. The third kappa shape index (κ3) is 4.55. The van der Waals surface area contributed by atoms with E-state index in [0.717, 1.165) is 0 Å². The van der Waals surface area contributed by atoms with Gasteiger partial charge in [0.05, 0.1) is 12.0 Å². The van der Waals surface area contributed by atoms with Crippen molar-refractivity contribution in [3.63, 3.8) is 0 Å². The average Bonchev–Trinajstić information content (AvgIpc) is 3.22. The van der Waals surface area contributed by atoms with E-state index in [9.17, 15) is 13.2 Å². The minimum Gasteiger partial charge on any atom is -0.497 e. The third-order valence-electron chi connectivity index (χ3n) is 4.18. The summed E-state index contributed by atoms with van der Waals surface area (Å²) in [5.41, 5.74) is 0.426. The Morgan fingerprint density at radius 1 is 1.11 bits per heavy atom. The highest BCUT2D eigenvalue weighted by Crippen LogP contribution is 2.32. The Morgan fingerprint density at radius 2 is 1.79 bits per heavy atom. The zero-order valence-electron chi connectivity index (χ0n) is 15.0. The zero-order chi connectivity index (χ0) is 20.1. The smallest absolute Gasteiger partial charge is 0.251 e. The molecular formula is C20H18ClNO4S2. The number of hydrogen-bond acceptors (Lipinski definition) is 5. The highest BCUT2D eigenvalue weighted by atomic mass is 35.5. The van der Waals surface area contributed by atoms with Gasteiger partial charge in [0.2, 0.25) is 0 Å². The highest BCUT2D eigenvalue weighted by Gasteiger charge is 2.30. The first-order chi connectivity index (χ1) is 13.4. The van der Waals surface area contributed by atoms with Crippen LogP contribution in [0.1, 0.15) is 20.5 Å². The van der Waals surface area contributed by atoms with Crippen molar-refractivity contribution in [2.45, 2.75) is 10.1 Å². The molecule has 1 heterocycles. The lowest BCUT2D eigenvalue weighted by atomic mass is 10.2. The maximum Gasteiger partial charge on any atom is 0.251 e. The second-order valence-corrected chi connectivity index (χ2v) is 9.49. The van der Waals surface area contributed by atoms with E-state index < -0.39 is 15.1 Å². The molecule has 28 heavy (non-hydrogen) atoms. The molecule has 0 spiro atoms. The molecule has 0 aliphatic heterocycles. The van der Waals surface area contributed by atoms with Gasteiger partial charge in [0.1, 0.15) is 11.0 Å². The molecule has 2 aromatic carbocycles. The number of hydrogen-bond donors (Lipinski definition) is 1. The predicted octanol–water partition coefficient (Wildman–Crippen LogP) is 4.36. The average molecular weight is 436 g/mol. The maximum atomic E-state index is 13.2. The number of amides is 1. The third-order valence-corrected chi connectivity index (χ3v) is 7.66. The SMILES string of the molecule is COc1ccc(C(=O)NCC(c2cccs2)S(=O)(=O)c2ccc(Cl)cc2)cc1. The van der Waals surface area contributed by atoms with E-state index >= 15 is 0 Å². The molecule has 8 heteroatoms. The van der Waals surface area contributed by atoms with Crippen LogP contribution < -0.4 is 10.1 Å². The van der Waals surface area contributed by atoms with Crippen LogP contribution in [-0.4, -0.2) is 28.0 Å². The Balaban J connectivity index is 1.83. The van der Waals surface area contributed by atoms with Crippen LogP contribution in [0.5, 0.6) is 5.75 Å². The van der Waals surface area contributed by atoms with Crippen molar-refractivity contribution in [2.75, 3.05) is 13.7 Å². The van der Waals surface area contributed by atoms with Gasteiger partial charge >= 0.3 is 0 Å². The minimum absolute atomic E-state index is 0.0453. The number of sulfone groups is 1. The number of rotatable bonds is 7. The van der Waals surface area contributed by atoms with Gasteiger partial charge in [0, 0.05) is 22.0 Å². The lowest BCUT2D eigenvalue weighted by molar-refractivity contribution is 0.0953. The van der Waals surface area contributed by atoms with Gasteiger partial charge in [0.25, 0.3) is 5.91 Å². The van der Waals surface area contributed by atoms with E-state index in [-0.39, 0.29) is 17.3 Å². The summed E-state index contributed by atoms with van der Waals surface area (Å²) in [6, 6.07) is 16.2. The molecule has 0 aliphatic carbocycles. The second kappa shape index (κ2) is 8.77. The molecular weight excluding hydrogens is 418 g/mol. The van der Waals surface area contributed by atoms with Gasteiger partial charge in [-0.25, -0.2) is 8.42 Å². The molecule has 1 atom stereocenters. The lowest BCUT2D eigenvalue weighted by Gasteiger charge is -2.17. The lowest BCUT2D eigenvalue weighted by Crippen LogP contribution is -2.31. The van der Waals surface area contributed by atoms with Crippen LogP contribution in [0.4, 0.5) is 0 Å². The van der Waals surface area contributed by atoms with E-state index in [0.29, 0.717) is 21.2 Å². The van der Waals surface area contributed by atoms with Crippen LogP contribution in [0.2, 0.25) is 5.02 Å². The molecule has 5 nitrogen and oxygen atoms in total.